The van der Waals surface area contributed by atoms with Gasteiger partial charge in [0.1, 0.15) is 11.5 Å². The standard InChI is InChI=1S/C27H32N2O7/c1-33-19-9-7-8-17(14-19)24(30)22-23(18-15-20(34-2)26(36-4)21(16-18)35-3)29(27(32)25(22)31)13-12-28-10-5-6-11-28/h7-9,14-16,23,30H,5-6,10-13H2,1-4H3/t23-/m1/s1. The number of hydrogen-bond donors (Lipinski definition) is 1. The monoisotopic (exact) mass is 496 g/mol. The van der Waals surface area contributed by atoms with Crippen molar-refractivity contribution in [1.82, 2.24) is 9.80 Å². The predicted molar refractivity (Wildman–Crippen MR) is 134 cm³/mol. The van der Waals surface area contributed by atoms with Crippen LogP contribution in [0, 0.1) is 0 Å². The van der Waals surface area contributed by atoms with Crippen LogP contribution in [-0.4, -0.2) is 81.2 Å². The summed E-state index contributed by atoms with van der Waals surface area (Å²) >= 11 is 0. The predicted octanol–water partition coefficient (Wildman–Crippen LogP) is 3.24. The molecule has 4 rings (SSSR count). The number of amides is 1. The van der Waals surface area contributed by atoms with E-state index in [1.807, 2.05) is 0 Å². The zero-order chi connectivity index (χ0) is 25.8. The summed E-state index contributed by atoms with van der Waals surface area (Å²) in [5, 5.41) is 11.3. The number of ether oxygens (including phenoxy) is 4. The van der Waals surface area contributed by atoms with E-state index < -0.39 is 17.7 Å². The van der Waals surface area contributed by atoms with Gasteiger partial charge in [-0.15, -0.1) is 0 Å². The number of Topliss-reactive ketones (excluding diaryl/α,β-unsaturated/α-hetero) is 1. The molecule has 1 atom stereocenters. The van der Waals surface area contributed by atoms with E-state index in [0.29, 0.717) is 47.2 Å². The van der Waals surface area contributed by atoms with Crippen LogP contribution in [-0.2, 0) is 9.59 Å². The van der Waals surface area contributed by atoms with Crippen molar-refractivity contribution in [2.75, 3.05) is 54.6 Å². The quantitative estimate of drug-likeness (QED) is 0.321. The van der Waals surface area contributed by atoms with Crippen molar-refractivity contribution < 1.29 is 33.6 Å². The van der Waals surface area contributed by atoms with Crippen LogP contribution in [0.3, 0.4) is 0 Å². The Bertz CT molecular complexity index is 1150. The lowest BCUT2D eigenvalue weighted by molar-refractivity contribution is -0.140. The van der Waals surface area contributed by atoms with E-state index in [1.54, 1.807) is 36.4 Å². The number of benzene rings is 2. The molecule has 2 aromatic carbocycles. The fourth-order valence-corrected chi connectivity index (χ4v) is 4.90. The van der Waals surface area contributed by atoms with Crippen molar-refractivity contribution in [2.45, 2.75) is 18.9 Å². The minimum atomic E-state index is -0.840. The van der Waals surface area contributed by atoms with E-state index in [0.717, 1.165) is 25.9 Å². The van der Waals surface area contributed by atoms with Gasteiger partial charge >= 0.3 is 0 Å². The first kappa shape index (κ1) is 25.4. The van der Waals surface area contributed by atoms with Crippen molar-refractivity contribution in [3.63, 3.8) is 0 Å². The van der Waals surface area contributed by atoms with Gasteiger partial charge in [-0.1, -0.05) is 12.1 Å². The smallest absolute Gasteiger partial charge is 0.295 e. The average Bonchev–Trinajstić information content (AvgIpc) is 3.52. The third kappa shape index (κ3) is 4.70. The summed E-state index contributed by atoms with van der Waals surface area (Å²) in [4.78, 5) is 30.4. The fraction of sp³-hybridized carbons (Fsp3) is 0.407. The minimum absolute atomic E-state index is 0.00366. The van der Waals surface area contributed by atoms with Crippen LogP contribution < -0.4 is 18.9 Å². The van der Waals surface area contributed by atoms with Crippen molar-refractivity contribution >= 4 is 17.4 Å². The van der Waals surface area contributed by atoms with Crippen molar-refractivity contribution in [1.29, 1.82) is 0 Å². The summed E-state index contributed by atoms with van der Waals surface area (Å²) < 4.78 is 21.8. The second-order valence-electron chi connectivity index (χ2n) is 8.73. The third-order valence-corrected chi connectivity index (χ3v) is 6.74. The first-order chi connectivity index (χ1) is 17.4. The maximum atomic E-state index is 13.4. The van der Waals surface area contributed by atoms with Gasteiger partial charge in [0, 0.05) is 18.7 Å². The largest absolute Gasteiger partial charge is 0.507 e. The van der Waals surface area contributed by atoms with Crippen molar-refractivity contribution in [3.8, 4) is 23.0 Å². The Balaban J connectivity index is 1.86. The fourth-order valence-electron chi connectivity index (χ4n) is 4.90. The molecule has 0 radical (unpaired) electrons. The number of methoxy groups -OCH3 is 4. The number of aliphatic hydroxyl groups is 1. The number of carbonyl (C=O) groups excluding carboxylic acids is 2. The molecule has 36 heavy (non-hydrogen) atoms. The molecule has 1 N–H and O–H groups in total. The van der Waals surface area contributed by atoms with Crippen LogP contribution in [0.5, 0.6) is 23.0 Å². The number of hydrogen-bond acceptors (Lipinski definition) is 8. The van der Waals surface area contributed by atoms with Gasteiger partial charge in [-0.3, -0.25) is 9.59 Å². The van der Waals surface area contributed by atoms with Gasteiger partial charge in [-0.25, -0.2) is 0 Å². The molecule has 0 bridgehead atoms. The molecule has 9 heteroatoms. The van der Waals surface area contributed by atoms with E-state index in [4.69, 9.17) is 18.9 Å². The minimum Gasteiger partial charge on any atom is -0.507 e. The molecule has 0 aliphatic carbocycles. The molecular formula is C27H32N2O7. The summed E-state index contributed by atoms with van der Waals surface area (Å²) in [7, 11) is 6.03. The normalized spacial score (nSPS) is 19.6. The second kappa shape index (κ2) is 10.9. The van der Waals surface area contributed by atoms with Crippen LogP contribution >= 0.6 is 0 Å². The van der Waals surface area contributed by atoms with E-state index in [-0.39, 0.29) is 11.3 Å². The number of ketones is 1. The Kier molecular flexibility index (Phi) is 7.69. The van der Waals surface area contributed by atoms with Gasteiger partial charge in [0.15, 0.2) is 11.5 Å². The summed E-state index contributed by atoms with van der Waals surface area (Å²) in [6.45, 7) is 2.89. The lowest BCUT2D eigenvalue weighted by atomic mass is 9.94. The van der Waals surface area contributed by atoms with Gasteiger partial charge in [0.2, 0.25) is 5.75 Å². The van der Waals surface area contributed by atoms with E-state index in [2.05, 4.69) is 4.90 Å². The highest BCUT2D eigenvalue weighted by atomic mass is 16.5. The molecule has 2 aliphatic heterocycles. The highest BCUT2D eigenvalue weighted by Crippen LogP contribution is 2.45. The maximum Gasteiger partial charge on any atom is 0.295 e. The summed E-state index contributed by atoms with van der Waals surface area (Å²) in [6.07, 6.45) is 2.23. The molecule has 9 nitrogen and oxygen atoms in total. The zero-order valence-corrected chi connectivity index (χ0v) is 21.1. The average molecular weight is 497 g/mol. The third-order valence-electron chi connectivity index (χ3n) is 6.74. The maximum absolute atomic E-state index is 13.4. The highest BCUT2D eigenvalue weighted by molar-refractivity contribution is 6.46. The van der Waals surface area contributed by atoms with Crippen molar-refractivity contribution in [2.24, 2.45) is 0 Å². The Hall–Kier alpha value is -3.72. The zero-order valence-electron chi connectivity index (χ0n) is 21.1. The van der Waals surface area contributed by atoms with Crippen LogP contribution in [0.15, 0.2) is 42.0 Å². The molecular weight excluding hydrogens is 464 g/mol. The molecule has 2 fully saturated rings. The molecule has 2 heterocycles. The van der Waals surface area contributed by atoms with Crippen LogP contribution in [0.2, 0.25) is 0 Å². The first-order valence-corrected chi connectivity index (χ1v) is 11.9. The highest BCUT2D eigenvalue weighted by Gasteiger charge is 2.46. The molecule has 192 valence electrons. The molecule has 0 spiro atoms. The number of carbonyl (C=O) groups is 2. The lowest BCUT2D eigenvalue weighted by Gasteiger charge is -2.28. The molecule has 0 aromatic heterocycles. The Morgan fingerprint density at radius 1 is 0.917 bits per heavy atom. The van der Waals surface area contributed by atoms with E-state index >= 15 is 0 Å². The van der Waals surface area contributed by atoms with Gasteiger partial charge in [-0.05, 0) is 55.8 Å². The molecule has 0 unspecified atom stereocenters. The van der Waals surface area contributed by atoms with Gasteiger partial charge in [-0.2, -0.15) is 0 Å². The molecule has 1 amide bonds. The number of aliphatic hydroxyl groups excluding tert-OH is 1. The lowest BCUT2D eigenvalue weighted by Crippen LogP contribution is -2.37. The molecule has 0 saturated carbocycles. The number of likely N-dealkylation sites (tertiary alicyclic amines) is 2. The van der Waals surface area contributed by atoms with Crippen LogP contribution in [0.25, 0.3) is 5.76 Å². The second-order valence-corrected chi connectivity index (χ2v) is 8.73. The van der Waals surface area contributed by atoms with Gasteiger partial charge in [0.25, 0.3) is 11.7 Å². The Labute approximate surface area is 210 Å². The van der Waals surface area contributed by atoms with Gasteiger partial charge < -0.3 is 33.9 Å². The number of rotatable bonds is 9. The van der Waals surface area contributed by atoms with Crippen LogP contribution in [0.1, 0.15) is 30.0 Å². The van der Waals surface area contributed by atoms with Gasteiger partial charge in [0.05, 0.1) is 40.1 Å². The van der Waals surface area contributed by atoms with E-state index in [9.17, 15) is 14.7 Å². The number of nitrogens with zero attached hydrogens (tertiary/aromatic N) is 2. The summed E-state index contributed by atoms with van der Waals surface area (Å²) in [5.41, 5.74) is 0.947. The van der Waals surface area contributed by atoms with E-state index in [1.165, 1.54) is 33.3 Å². The topological polar surface area (TPSA) is 97.8 Å². The SMILES string of the molecule is COc1cccc(C(O)=C2C(=O)C(=O)N(CCN3CCCC3)[C@@H]2c2cc(OC)c(OC)c(OC)c2)c1. The molecule has 2 saturated heterocycles. The Morgan fingerprint density at radius 2 is 1.58 bits per heavy atom. The summed E-state index contributed by atoms with van der Waals surface area (Å²) in [6, 6.07) is 9.32. The molecule has 2 aromatic rings. The summed E-state index contributed by atoms with van der Waals surface area (Å²) in [5.74, 6) is 0.0245. The Morgan fingerprint density at radius 3 is 2.17 bits per heavy atom. The van der Waals surface area contributed by atoms with Crippen molar-refractivity contribution in [3.05, 3.63) is 53.1 Å². The van der Waals surface area contributed by atoms with Crippen LogP contribution in [0.4, 0.5) is 0 Å². The molecule has 2 aliphatic rings. The first-order valence-electron chi connectivity index (χ1n) is 11.9.